The molecule has 3 heteroatoms. The molecule has 2 aromatic heterocycles. The summed E-state index contributed by atoms with van der Waals surface area (Å²) < 4.78 is 6.38. The van der Waals surface area contributed by atoms with Crippen molar-refractivity contribution in [1.82, 2.24) is 4.98 Å². The zero-order valence-corrected chi connectivity index (χ0v) is 28.3. The first-order valence-electron chi connectivity index (χ1n) is 17.6. The van der Waals surface area contributed by atoms with Crippen molar-refractivity contribution in [2.45, 2.75) is 0 Å². The molecular weight excluding hydrogens is 633 g/mol. The van der Waals surface area contributed by atoms with Gasteiger partial charge in [-0.1, -0.05) is 146 Å². The molecule has 0 atom stereocenters. The molecule has 0 aliphatic heterocycles. The van der Waals surface area contributed by atoms with E-state index in [2.05, 4.69) is 187 Å². The molecule has 3 nitrogen and oxygen atoms in total. The Balaban J connectivity index is 1.07. The van der Waals surface area contributed by atoms with Crippen molar-refractivity contribution in [3.63, 3.8) is 0 Å². The van der Waals surface area contributed by atoms with Crippen molar-refractivity contribution >= 4 is 60.7 Å². The van der Waals surface area contributed by atoms with Crippen molar-refractivity contribution in [2.24, 2.45) is 0 Å². The van der Waals surface area contributed by atoms with E-state index in [1.807, 2.05) is 12.1 Å². The van der Waals surface area contributed by atoms with Gasteiger partial charge >= 0.3 is 0 Å². The summed E-state index contributed by atoms with van der Waals surface area (Å²) in [7, 11) is 0. The number of rotatable bonds is 6. The molecule has 0 unspecified atom stereocenters. The summed E-state index contributed by atoms with van der Waals surface area (Å²) in [4.78, 5) is 7.47. The number of fused-ring (bicyclic) bond motifs is 6. The second-order valence-electron chi connectivity index (χ2n) is 13.1. The SMILES string of the molecule is c1ccc(-c2ccc(N(c3ccc(-c4nc5ccccc5c5ccccc45)cc3)c3ccc(-c4cccc5c4oc4ccccc45)cc3)cc2)cc1. The molecular formula is C49H32N2O. The van der Waals surface area contributed by atoms with Crippen LogP contribution in [0.2, 0.25) is 0 Å². The van der Waals surface area contributed by atoms with E-state index in [1.165, 1.54) is 21.9 Å². The highest BCUT2D eigenvalue weighted by Gasteiger charge is 2.17. The fourth-order valence-corrected chi connectivity index (χ4v) is 7.54. The Hall–Kier alpha value is -6.97. The maximum Gasteiger partial charge on any atom is 0.143 e. The van der Waals surface area contributed by atoms with E-state index in [1.54, 1.807) is 0 Å². The molecule has 10 aromatic rings. The van der Waals surface area contributed by atoms with Crippen LogP contribution >= 0.6 is 0 Å². The van der Waals surface area contributed by atoms with Crippen LogP contribution in [0.5, 0.6) is 0 Å². The van der Waals surface area contributed by atoms with Gasteiger partial charge < -0.3 is 9.32 Å². The molecule has 10 rings (SSSR count). The Morgan fingerprint density at radius 2 is 0.865 bits per heavy atom. The lowest BCUT2D eigenvalue weighted by molar-refractivity contribution is 0.670. The third-order valence-corrected chi connectivity index (χ3v) is 10.1. The van der Waals surface area contributed by atoms with Gasteiger partial charge in [-0.3, -0.25) is 0 Å². The molecule has 0 spiro atoms. The summed E-state index contributed by atoms with van der Waals surface area (Å²) >= 11 is 0. The third-order valence-electron chi connectivity index (χ3n) is 10.1. The van der Waals surface area contributed by atoms with Crippen molar-refractivity contribution in [3.05, 3.63) is 194 Å². The first-order valence-corrected chi connectivity index (χ1v) is 17.6. The van der Waals surface area contributed by atoms with Crippen LogP contribution in [0.15, 0.2) is 199 Å². The van der Waals surface area contributed by atoms with E-state index < -0.39 is 0 Å². The Morgan fingerprint density at radius 3 is 1.58 bits per heavy atom. The second kappa shape index (κ2) is 12.4. The second-order valence-corrected chi connectivity index (χ2v) is 13.1. The molecule has 0 aliphatic carbocycles. The highest BCUT2D eigenvalue weighted by atomic mass is 16.3. The predicted molar refractivity (Wildman–Crippen MR) is 218 cm³/mol. The fourth-order valence-electron chi connectivity index (χ4n) is 7.54. The van der Waals surface area contributed by atoms with Gasteiger partial charge in [-0.2, -0.15) is 0 Å². The summed E-state index contributed by atoms with van der Waals surface area (Å²) in [5.41, 5.74) is 12.7. The average Bonchev–Trinajstić information content (AvgIpc) is 3.61. The molecule has 0 N–H and O–H groups in total. The number of pyridine rings is 1. The monoisotopic (exact) mass is 664 g/mol. The highest BCUT2D eigenvalue weighted by molar-refractivity contribution is 6.11. The largest absolute Gasteiger partial charge is 0.455 e. The molecule has 0 aliphatic rings. The number of nitrogens with zero attached hydrogens (tertiary/aromatic N) is 2. The zero-order chi connectivity index (χ0) is 34.4. The van der Waals surface area contributed by atoms with Gasteiger partial charge in [-0.05, 0) is 70.6 Å². The van der Waals surface area contributed by atoms with Gasteiger partial charge in [0.1, 0.15) is 11.2 Å². The summed E-state index contributed by atoms with van der Waals surface area (Å²) in [5, 5.41) is 5.80. The number of anilines is 3. The molecule has 2 heterocycles. The topological polar surface area (TPSA) is 29.3 Å². The van der Waals surface area contributed by atoms with Crippen LogP contribution in [0.25, 0.3) is 77.1 Å². The first-order chi connectivity index (χ1) is 25.8. The van der Waals surface area contributed by atoms with Crippen molar-refractivity contribution in [2.75, 3.05) is 4.90 Å². The van der Waals surface area contributed by atoms with Crippen LogP contribution in [0.4, 0.5) is 17.1 Å². The van der Waals surface area contributed by atoms with Gasteiger partial charge in [0.15, 0.2) is 0 Å². The fraction of sp³-hybridized carbons (Fsp3) is 0. The lowest BCUT2D eigenvalue weighted by atomic mass is 9.99. The Labute approximate surface area is 301 Å². The van der Waals surface area contributed by atoms with Crippen LogP contribution in [0, 0.1) is 0 Å². The standard InChI is InChI=1S/C49H32N2O/c1-2-11-33(12-3-1)34-21-27-37(28-22-34)51(38-29-23-35(24-30-38)40-17-10-18-45-43-15-7-9-20-47(43)52-49(40)45)39-31-25-36(26-32-39)48-44-16-5-4-13-41(44)42-14-6-8-19-46(42)50-48/h1-32H. The maximum atomic E-state index is 6.38. The van der Waals surface area contributed by atoms with E-state index in [0.717, 1.165) is 72.3 Å². The van der Waals surface area contributed by atoms with E-state index in [0.29, 0.717) is 0 Å². The Kier molecular flexibility index (Phi) is 7.14. The summed E-state index contributed by atoms with van der Waals surface area (Å²) in [5.74, 6) is 0. The predicted octanol–water partition coefficient (Wildman–Crippen LogP) is 13.8. The van der Waals surface area contributed by atoms with Gasteiger partial charge in [0, 0.05) is 49.7 Å². The van der Waals surface area contributed by atoms with Gasteiger partial charge in [-0.25, -0.2) is 4.98 Å². The first kappa shape index (κ1) is 29.9. The third kappa shape index (κ3) is 5.10. The molecule has 52 heavy (non-hydrogen) atoms. The van der Waals surface area contributed by atoms with Gasteiger partial charge in [0.2, 0.25) is 0 Å². The van der Waals surface area contributed by atoms with Gasteiger partial charge in [-0.15, -0.1) is 0 Å². The minimum absolute atomic E-state index is 0.905. The molecule has 0 bridgehead atoms. The molecule has 0 saturated carbocycles. The number of hydrogen-bond donors (Lipinski definition) is 0. The Morgan fingerprint density at radius 1 is 0.346 bits per heavy atom. The molecule has 8 aromatic carbocycles. The van der Waals surface area contributed by atoms with Crippen molar-refractivity contribution in [1.29, 1.82) is 0 Å². The van der Waals surface area contributed by atoms with Crippen LogP contribution < -0.4 is 4.90 Å². The van der Waals surface area contributed by atoms with Crippen LogP contribution in [0.3, 0.4) is 0 Å². The van der Waals surface area contributed by atoms with Gasteiger partial charge in [0.05, 0.1) is 11.2 Å². The smallest absolute Gasteiger partial charge is 0.143 e. The van der Waals surface area contributed by atoms with Gasteiger partial charge in [0.25, 0.3) is 0 Å². The van der Waals surface area contributed by atoms with Crippen LogP contribution in [0.1, 0.15) is 0 Å². The lowest BCUT2D eigenvalue weighted by Gasteiger charge is -2.26. The molecule has 0 radical (unpaired) electrons. The van der Waals surface area contributed by atoms with E-state index in [9.17, 15) is 0 Å². The summed E-state index contributed by atoms with van der Waals surface area (Å²) in [6.45, 7) is 0. The Bertz CT molecular complexity index is 2870. The molecule has 244 valence electrons. The normalized spacial score (nSPS) is 11.5. The summed E-state index contributed by atoms with van der Waals surface area (Å²) in [6, 6.07) is 68.5. The van der Waals surface area contributed by atoms with Crippen LogP contribution in [-0.2, 0) is 0 Å². The number of furan rings is 1. The lowest BCUT2D eigenvalue weighted by Crippen LogP contribution is -2.09. The van der Waals surface area contributed by atoms with E-state index >= 15 is 0 Å². The number of para-hydroxylation sites is 3. The van der Waals surface area contributed by atoms with Crippen molar-refractivity contribution in [3.8, 4) is 33.5 Å². The number of aromatic nitrogens is 1. The maximum absolute atomic E-state index is 6.38. The van der Waals surface area contributed by atoms with Crippen LogP contribution in [-0.4, -0.2) is 4.98 Å². The highest BCUT2D eigenvalue weighted by Crippen LogP contribution is 2.40. The average molecular weight is 665 g/mol. The summed E-state index contributed by atoms with van der Waals surface area (Å²) in [6.07, 6.45) is 0. The molecule has 0 fully saturated rings. The molecule has 0 saturated heterocycles. The quantitative estimate of drug-likeness (QED) is 0.166. The number of hydrogen-bond acceptors (Lipinski definition) is 3. The van der Waals surface area contributed by atoms with E-state index in [-0.39, 0.29) is 0 Å². The minimum atomic E-state index is 0.905. The molecule has 0 amide bonds. The number of benzene rings is 8. The van der Waals surface area contributed by atoms with E-state index in [4.69, 9.17) is 9.40 Å². The minimum Gasteiger partial charge on any atom is -0.455 e. The zero-order valence-electron chi connectivity index (χ0n) is 28.3. The van der Waals surface area contributed by atoms with Crippen molar-refractivity contribution < 1.29 is 4.42 Å².